The third-order valence-corrected chi connectivity index (χ3v) is 7.19. The Kier molecular flexibility index (Phi) is 5.89. The second-order valence-corrected chi connectivity index (χ2v) is 8.92. The van der Waals surface area contributed by atoms with Crippen LogP contribution in [0.15, 0.2) is 46.8 Å². The first-order valence-corrected chi connectivity index (χ1v) is 11.1. The zero-order valence-electron chi connectivity index (χ0n) is 15.9. The first-order valence-electron chi connectivity index (χ1n) is 9.10. The highest BCUT2D eigenvalue weighted by atomic mass is 32.2. The summed E-state index contributed by atoms with van der Waals surface area (Å²) in [6.07, 6.45) is 1.53. The summed E-state index contributed by atoms with van der Waals surface area (Å²) >= 11 is 2.70. The van der Waals surface area contributed by atoms with E-state index in [1.165, 1.54) is 58.9 Å². The zero-order valence-corrected chi connectivity index (χ0v) is 17.5. The van der Waals surface area contributed by atoms with Gasteiger partial charge < -0.3 is 21.3 Å². The Morgan fingerprint density at radius 1 is 1.39 bits per heavy atom. The van der Waals surface area contributed by atoms with E-state index in [0.29, 0.717) is 27.7 Å². The van der Waals surface area contributed by atoms with E-state index >= 15 is 0 Å². The third-order valence-electron chi connectivity index (χ3n) is 4.87. The van der Waals surface area contributed by atoms with Crippen LogP contribution in [0.5, 0.6) is 5.75 Å². The van der Waals surface area contributed by atoms with Crippen LogP contribution in [0.2, 0.25) is 0 Å². The number of carbonyl (C=O) groups is 3. The third kappa shape index (κ3) is 4.11. The van der Waals surface area contributed by atoms with E-state index < -0.39 is 35.2 Å². The molecule has 2 aliphatic heterocycles. The number of aromatic amines is 1. The molecule has 11 nitrogen and oxygen atoms in total. The Hall–Kier alpha value is -3.03. The van der Waals surface area contributed by atoms with Gasteiger partial charge in [-0.1, -0.05) is 23.9 Å². The van der Waals surface area contributed by atoms with E-state index in [-0.39, 0.29) is 11.4 Å². The van der Waals surface area contributed by atoms with Gasteiger partial charge in [-0.15, -0.1) is 16.9 Å². The number of H-pyrrole nitrogens is 1. The zero-order chi connectivity index (χ0) is 22.1. The summed E-state index contributed by atoms with van der Waals surface area (Å²) in [4.78, 5) is 38.4. The molecular weight excluding hydrogens is 444 g/mol. The summed E-state index contributed by atoms with van der Waals surface area (Å²) in [6.45, 7) is 0. The van der Waals surface area contributed by atoms with Gasteiger partial charge in [-0.3, -0.25) is 14.5 Å². The maximum atomic E-state index is 12.7. The number of carbonyl (C=O) groups excluding carboxylic acids is 2. The van der Waals surface area contributed by atoms with Crippen LogP contribution in [-0.2, 0) is 14.4 Å². The van der Waals surface area contributed by atoms with E-state index in [9.17, 15) is 24.6 Å². The SMILES string of the molecule is N[C@H](C(=O)N[C@@H]1C(=O)N2C(C(=O)O)=C(CSc3cn[nH]n3)CS[C@H]12)c1ccc(O)cc1. The quantitative estimate of drug-likeness (QED) is 0.279. The predicted molar refractivity (Wildman–Crippen MR) is 112 cm³/mol. The number of hydrogen-bond acceptors (Lipinski definition) is 9. The number of aromatic hydroxyl groups is 1. The number of rotatable bonds is 7. The number of aliphatic carboxylic acids is 1. The van der Waals surface area contributed by atoms with E-state index in [1.54, 1.807) is 0 Å². The highest BCUT2D eigenvalue weighted by Gasteiger charge is 2.54. The van der Waals surface area contributed by atoms with Gasteiger partial charge in [0, 0.05) is 11.5 Å². The van der Waals surface area contributed by atoms with Crippen molar-refractivity contribution >= 4 is 41.3 Å². The Morgan fingerprint density at radius 2 is 2.13 bits per heavy atom. The van der Waals surface area contributed by atoms with E-state index in [2.05, 4.69) is 20.7 Å². The van der Waals surface area contributed by atoms with Crippen LogP contribution < -0.4 is 11.1 Å². The summed E-state index contributed by atoms with van der Waals surface area (Å²) in [7, 11) is 0. The van der Waals surface area contributed by atoms with Gasteiger partial charge in [-0.2, -0.15) is 10.3 Å². The molecule has 0 unspecified atom stereocenters. The van der Waals surface area contributed by atoms with Crippen molar-refractivity contribution in [3.05, 3.63) is 47.3 Å². The van der Waals surface area contributed by atoms with Crippen molar-refractivity contribution in [2.45, 2.75) is 22.5 Å². The van der Waals surface area contributed by atoms with E-state index in [0.717, 1.165) is 0 Å². The fourth-order valence-corrected chi connectivity index (χ4v) is 5.56. The average molecular weight is 463 g/mol. The number of nitrogens with one attached hydrogen (secondary N) is 2. The molecule has 2 aliphatic rings. The van der Waals surface area contributed by atoms with Crippen molar-refractivity contribution in [1.29, 1.82) is 0 Å². The van der Waals surface area contributed by atoms with E-state index in [1.807, 2.05) is 0 Å². The van der Waals surface area contributed by atoms with Gasteiger partial charge >= 0.3 is 5.97 Å². The van der Waals surface area contributed by atoms with Crippen LogP contribution in [-0.4, -0.2) is 71.2 Å². The molecule has 3 atom stereocenters. The Labute approximate surface area is 184 Å². The summed E-state index contributed by atoms with van der Waals surface area (Å²) in [5, 5.41) is 31.9. The van der Waals surface area contributed by atoms with Crippen molar-refractivity contribution in [3.8, 4) is 5.75 Å². The van der Waals surface area contributed by atoms with Gasteiger partial charge in [0.15, 0.2) is 0 Å². The highest BCUT2D eigenvalue weighted by molar-refractivity contribution is 8.01. The lowest BCUT2D eigenvalue weighted by Crippen LogP contribution is -2.71. The molecule has 0 saturated carbocycles. The molecule has 1 fully saturated rings. The number of amides is 2. The lowest BCUT2D eigenvalue weighted by molar-refractivity contribution is -0.150. The first-order chi connectivity index (χ1) is 14.9. The fraction of sp³-hybridized carbons (Fsp3) is 0.278. The lowest BCUT2D eigenvalue weighted by Gasteiger charge is -2.49. The van der Waals surface area contributed by atoms with Crippen molar-refractivity contribution in [2.24, 2.45) is 5.73 Å². The molecule has 4 rings (SSSR count). The summed E-state index contributed by atoms with van der Waals surface area (Å²) < 4.78 is 0. The fourth-order valence-electron chi connectivity index (χ4n) is 3.29. The number of hydrogen-bond donors (Lipinski definition) is 5. The molecule has 1 aromatic heterocycles. The molecule has 1 saturated heterocycles. The average Bonchev–Trinajstić information content (AvgIpc) is 3.28. The largest absolute Gasteiger partial charge is 0.508 e. The minimum Gasteiger partial charge on any atom is -0.508 e. The number of phenolic OH excluding ortho intramolecular Hbond substituents is 1. The molecule has 0 aliphatic carbocycles. The lowest BCUT2D eigenvalue weighted by atomic mass is 10.0. The monoisotopic (exact) mass is 462 g/mol. The standard InChI is InChI=1S/C18H18N6O5S2/c19-12(8-1-3-10(25)4-2-8)15(26)21-13-16(27)24-14(18(28)29)9(7-31-17(13)24)6-30-11-5-20-23-22-11/h1-5,12-13,17,25H,6-7,19H2,(H,21,26)(H,28,29)(H,20,22,23)/t12-,13+,17+/m0/s1. The number of β-lactam (4-membered cyclic amide) rings is 1. The van der Waals surface area contributed by atoms with Gasteiger partial charge in [-0.05, 0) is 23.3 Å². The van der Waals surface area contributed by atoms with Gasteiger partial charge in [0.2, 0.25) is 5.91 Å². The number of nitrogens with two attached hydrogens (primary N) is 1. The highest BCUT2D eigenvalue weighted by Crippen LogP contribution is 2.41. The second-order valence-electron chi connectivity index (χ2n) is 6.82. The normalized spacial score (nSPS) is 21.3. The number of carboxylic acid groups (broad SMARTS) is 1. The van der Waals surface area contributed by atoms with Crippen LogP contribution in [0.25, 0.3) is 0 Å². The van der Waals surface area contributed by atoms with Gasteiger partial charge in [0.25, 0.3) is 5.91 Å². The number of phenols is 1. The van der Waals surface area contributed by atoms with Gasteiger partial charge in [-0.25, -0.2) is 4.79 Å². The van der Waals surface area contributed by atoms with Crippen LogP contribution in [0, 0.1) is 0 Å². The molecule has 31 heavy (non-hydrogen) atoms. The minimum atomic E-state index is -1.19. The second kappa shape index (κ2) is 8.61. The Morgan fingerprint density at radius 3 is 2.77 bits per heavy atom. The van der Waals surface area contributed by atoms with Crippen LogP contribution in [0.4, 0.5) is 0 Å². The topological polar surface area (TPSA) is 175 Å². The molecule has 13 heteroatoms. The molecule has 0 bridgehead atoms. The number of nitrogens with zero attached hydrogens (tertiary/aromatic N) is 3. The minimum absolute atomic E-state index is 0.0466. The molecule has 0 spiro atoms. The van der Waals surface area contributed by atoms with Gasteiger partial charge in [0.05, 0.1) is 6.20 Å². The van der Waals surface area contributed by atoms with Crippen LogP contribution >= 0.6 is 23.5 Å². The maximum Gasteiger partial charge on any atom is 0.352 e. The maximum absolute atomic E-state index is 12.7. The molecular formula is C18H18N6O5S2. The van der Waals surface area contributed by atoms with Crippen molar-refractivity contribution in [1.82, 2.24) is 25.6 Å². The molecule has 162 valence electrons. The van der Waals surface area contributed by atoms with Gasteiger partial charge in [0.1, 0.15) is 33.9 Å². The molecule has 3 heterocycles. The molecule has 2 amide bonds. The Bertz CT molecular complexity index is 1040. The van der Waals surface area contributed by atoms with Crippen molar-refractivity contribution in [2.75, 3.05) is 11.5 Å². The number of fused-ring (bicyclic) bond motifs is 1. The van der Waals surface area contributed by atoms with Crippen molar-refractivity contribution in [3.63, 3.8) is 0 Å². The van der Waals surface area contributed by atoms with E-state index in [4.69, 9.17) is 5.73 Å². The number of thioether (sulfide) groups is 2. The first kappa shape index (κ1) is 21.2. The number of carboxylic acids is 1. The number of benzene rings is 1. The van der Waals surface area contributed by atoms with Crippen LogP contribution in [0.1, 0.15) is 11.6 Å². The van der Waals surface area contributed by atoms with Crippen LogP contribution in [0.3, 0.4) is 0 Å². The molecule has 1 aromatic carbocycles. The Balaban J connectivity index is 1.45. The summed E-state index contributed by atoms with van der Waals surface area (Å²) in [5.41, 5.74) is 6.99. The molecule has 0 radical (unpaired) electrons. The smallest absolute Gasteiger partial charge is 0.352 e. The summed E-state index contributed by atoms with van der Waals surface area (Å²) in [5.74, 6) is -1.45. The predicted octanol–water partition coefficient (Wildman–Crippen LogP) is 0.0410. The number of aromatic nitrogens is 3. The molecule has 2 aromatic rings. The molecule has 6 N–H and O–H groups in total. The van der Waals surface area contributed by atoms with Crippen molar-refractivity contribution < 1.29 is 24.6 Å². The summed E-state index contributed by atoms with van der Waals surface area (Å²) in [6, 6.07) is 3.98.